The van der Waals surface area contributed by atoms with Crippen LogP contribution in [-0.4, -0.2) is 34.3 Å². The zero-order valence-corrected chi connectivity index (χ0v) is 13.6. The number of rotatable bonds is 3. The maximum atomic E-state index is 12.6. The highest BCUT2D eigenvalue weighted by atomic mass is 127. The maximum Gasteiger partial charge on any atom is 0.257 e. The molecule has 0 spiro atoms. The van der Waals surface area contributed by atoms with Gasteiger partial charge in [0.1, 0.15) is 11.5 Å². The van der Waals surface area contributed by atoms with Crippen molar-refractivity contribution in [3.63, 3.8) is 0 Å². The Hall–Kier alpha value is -1.11. The molecule has 4 nitrogen and oxygen atoms in total. The number of carbonyl (C=O) groups is 2. The average molecular weight is 387 g/mol. The Morgan fingerprint density at radius 1 is 1.40 bits per heavy atom. The van der Waals surface area contributed by atoms with Crippen molar-refractivity contribution in [2.45, 2.75) is 38.6 Å². The van der Waals surface area contributed by atoms with Crippen LogP contribution in [0.25, 0.3) is 0 Å². The summed E-state index contributed by atoms with van der Waals surface area (Å²) in [5.41, 5.74) is 0.326. The fourth-order valence-corrected chi connectivity index (χ4v) is 3.14. The monoisotopic (exact) mass is 387 g/mol. The number of phenols is 1. The largest absolute Gasteiger partial charge is 0.507 e. The van der Waals surface area contributed by atoms with Gasteiger partial charge in [-0.15, -0.1) is 0 Å². The number of halogens is 1. The molecule has 1 heterocycles. The van der Waals surface area contributed by atoms with Crippen molar-refractivity contribution in [2.75, 3.05) is 6.54 Å². The first-order chi connectivity index (χ1) is 9.49. The van der Waals surface area contributed by atoms with E-state index in [1.54, 1.807) is 30.0 Å². The Morgan fingerprint density at radius 3 is 2.85 bits per heavy atom. The second-order valence-corrected chi connectivity index (χ2v) is 6.46. The van der Waals surface area contributed by atoms with Crippen LogP contribution in [0.2, 0.25) is 0 Å². The number of Topliss-reactive ketones (excluding diaryl/α,β-unsaturated/α-hetero) is 1. The third-order valence-corrected chi connectivity index (χ3v) is 4.27. The third kappa shape index (κ3) is 3.50. The van der Waals surface area contributed by atoms with Crippen molar-refractivity contribution < 1.29 is 14.7 Å². The van der Waals surface area contributed by atoms with E-state index in [1.165, 1.54) is 0 Å². The summed E-state index contributed by atoms with van der Waals surface area (Å²) in [5.74, 6) is -0.0731. The summed E-state index contributed by atoms with van der Waals surface area (Å²) in [6.45, 7) is 2.21. The number of carbonyl (C=O) groups excluding carboxylic acids is 2. The van der Waals surface area contributed by atoms with E-state index in [0.717, 1.165) is 22.8 Å². The number of amides is 1. The van der Waals surface area contributed by atoms with Crippen LogP contribution in [0.3, 0.4) is 0 Å². The molecule has 1 aliphatic rings. The number of likely N-dealkylation sites (tertiary alicyclic amines) is 1. The molecule has 20 heavy (non-hydrogen) atoms. The predicted octanol–water partition coefficient (Wildman–Crippen LogP) is 2.97. The Bertz CT molecular complexity index is 530. The molecule has 1 saturated heterocycles. The predicted molar refractivity (Wildman–Crippen MR) is 84.8 cm³/mol. The first-order valence-electron chi connectivity index (χ1n) is 6.78. The van der Waals surface area contributed by atoms with Crippen LogP contribution >= 0.6 is 22.6 Å². The smallest absolute Gasteiger partial charge is 0.257 e. The summed E-state index contributed by atoms with van der Waals surface area (Å²) in [5, 5.41) is 9.89. The van der Waals surface area contributed by atoms with Gasteiger partial charge in [-0.05, 0) is 67.0 Å². The molecule has 5 heteroatoms. The SMILES string of the molecule is CC(=O)CC1CCCCN1C(=O)c1cc(I)ccc1O. The van der Waals surface area contributed by atoms with Crippen LogP contribution < -0.4 is 0 Å². The number of hydrogen-bond donors (Lipinski definition) is 1. The van der Waals surface area contributed by atoms with Gasteiger partial charge in [0.15, 0.2) is 0 Å². The summed E-state index contributed by atoms with van der Waals surface area (Å²) >= 11 is 2.12. The van der Waals surface area contributed by atoms with Gasteiger partial charge in [-0.25, -0.2) is 0 Å². The number of piperidine rings is 1. The number of phenolic OH excluding ortho intramolecular Hbond substituents is 1. The standard InChI is InChI=1S/C15H18INO3/c1-10(18)8-12-4-2-3-7-17(12)15(20)13-9-11(16)5-6-14(13)19/h5-6,9,12,19H,2-4,7-8H2,1H3. The summed E-state index contributed by atoms with van der Waals surface area (Å²) in [6.07, 6.45) is 3.25. The van der Waals surface area contributed by atoms with Gasteiger partial charge in [0.25, 0.3) is 5.91 Å². The van der Waals surface area contributed by atoms with Gasteiger partial charge in [-0.1, -0.05) is 0 Å². The minimum absolute atomic E-state index is 0.00237. The van der Waals surface area contributed by atoms with Gasteiger partial charge >= 0.3 is 0 Å². The molecule has 1 fully saturated rings. The fraction of sp³-hybridized carbons (Fsp3) is 0.467. The number of nitrogens with zero attached hydrogens (tertiary/aromatic N) is 1. The fourth-order valence-electron chi connectivity index (χ4n) is 2.65. The van der Waals surface area contributed by atoms with Crippen LogP contribution in [0.5, 0.6) is 5.75 Å². The van der Waals surface area contributed by atoms with Crippen molar-refractivity contribution in [3.05, 3.63) is 27.3 Å². The van der Waals surface area contributed by atoms with E-state index < -0.39 is 0 Å². The molecule has 2 rings (SSSR count). The van der Waals surface area contributed by atoms with E-state index in [1.807, 2.05) is 0 Å². The topological polar surface area (TPSA) is 57.6 Å². The normalized spacial score (nSPS) is 18.9. The quantitative estimate of drug-likeness (QED) is 0.812. The van der Waals surface area contributed by atoms with Gasteiger partial charge in [-0.2, -0.15) is 0 Å². The number of aromatic hydroxyl groups is 1. The van der Waals surface area contributed by atoms with Gasteiger partial charge in [-0.3, -0.25) is 9.59 Å². The Kier molecular flexibility index (Phi) is 5.01. The minimum atomic E-state index is -0.174. The second kappa shape index (κ2) is 6.56. The molecule has 1 aromatic carbocycles. The average Bonchev–Trinajstić information content (AvgIpc) is 2.41. The minimum Gasteiger partial charge on any atom is -0.507 e. The van der Waals surface area contributed by atoms with Gasteiger partial charge in [0.2, 0.25) is 0 Å². The van der Waals surface area contributed by atoms with Crippen molar-refractivity contribution in [3.8, 4) is 5.75 Å². The molecule has 1 N–H and O–H groups in total. The van der Waals surface area contributed by atoms with Crippen molar-refractivity contribution >= 4 is 34.3 Å². The van der Waals surface area contributed by atoms with Crippen LogP contribution in [0, 0.1) is 3.57 Å². The van der Waals surface area contributed by atoms with Crippen molar-refractivity contribution in [1.29, 1.82) is 0 Å². The molecule has 108 valence electrons. The molecular weight excluding hydrogens is 369 g/mol. The van der Waals surface area contributed by atoms with E-state index >= 15 is 0 Å². The maximum absolute atomic E-state index is 12.6. The van der Waals surface area contributed by atoms with Gasteiger partial charge in [0.05, 0.1) is 5.56 Å². The molecule has 0 bridgehead atoms. The van der Waals surface area contributed by atoms with E-state index in [0.29, 0.717) is 18.5 Å². The summed E-state index contributed by atoms with van der Waals surface area (Å²) in [7, 11) is 0. The van der Waals surface area contributed by atoms with Crippen LogP contribution in [0.4, 0.5) is 0 Å². The lowest BCUT2D eigenvalue weighted by molar-refractivity contribution is -0.118. The highest BCUT2D eigenvalue weighted by Crippen LogP contribution is 2.26. The zero-order chi connectivity index (χ0) is 14.7. The van der Waals surface area contributed by atoms with Crippen molar-refractivity contribution in [1.82, 2.24) is 4.90 Å². The lowest BCUT2D eigenvalue weighted by Gasteiger charge is -2.35. The molecule has 1 aliphatic heterocycles. The number of benzene rings is 1. The molecule has 1 unspecified atom stereocenters. The van der Waals surface area contributed by atoms with E-state index in [9.17, 15) is 14.7 Å². The van der Waals surface area contributed by atoms with Crippen LogP contribution in [0.1, 0.15) is 43.0 Å². The molecule has 0 radical (unpaired) electrons. The summed E-state index contributed by atoms with van der Waals surface area (Å²) < 4.78 is 0.906. The van der Waals surface area contributed by atoms with E-state index in [2.05, 4.69) is 22.6 Å². The zero-order valence-electron chi connectivity index (χ0n) is 11.4. The van der Waals surface area contributed by atoms with E-state index in [-0.39, 0.29) is 23.5 Å². The Balaban J connectivity index is 2.25. The van der Waals surface area contributed by atoms with Crippen LogP contribution in [0.15, 0.2) is 18.2 Å². The second-order valence-electron chi connectivity index (χ2n) is 5.22. The summed E-state index contributed by atoms with van der Waals surface area (Å²) in [4.78, 5) is 25.7. The van der Waals surface area contributed by atoms with Gasteiger partial charge < -0.3 is 10.0 Å². The number of hydrogen-bond acceptors (Lipinski definition) is 3. The molecular formula is C15H18INO3. The highest BCUT2D eigenvalue weighted by molar-refractivity contribution is 14.1. The lowest BCUT2D eigenvalue weighted by Crippen LogP contribution is -2.44. The molecule has 1 atom stereocenters. The van der Waals surface area contributed by atoms with Gasteiger partial charge in [0, 0.05) is 22.6 Å². The van der Waals surface area contributed by atoms with Crippen molar-refractivity contribution in [2.24, 2.45) is 0 Å². The molecule has 1 amide bonds. The Labute approximate surface area is 132 Å². The molecule has 0 saturated carbocycles. The first kappa shape index (κ1) is 15.3. The molecule has 0 aromatic heterocycles. The van der Waals surface area contributed by atoms with Crippen LogP contribution in [-0.2, 0) is 4.79 Å². The number of ketones is 1. The highest BCUT2D eigenvalue weighted by Gasteiger charge is 2.29. The molecule has 0 aliphatic carbocycles. The Morgan fingerprint density at radius 2 is 2.15 bits per heavy atom. The lowest BCUT2D eigenvalue weighted by atomic mass is 9.96. The first-order valence-corrected chi connectivity index (χ1v) is 7.86. The molecule has 1 aromatic rings. The third-order valence-electron chi connectivity index (χ3n) is 3.60. The van der Waals surface area contributed by atoms with E-state index in [4.69, 9.17) is 0 Å². The summed E-state index contributed by atoms with van der Waals surface area (Å²) in [6, 6.07) is 4.96.